The molecule has 118 valence electrons. The molecule has 0 spiro atoms. The van der Waals surface area contributed by atoms with Gasteiger partial charge in [-0.25, -0.2) is 13.1 Å². The third-order valence-corrected chi connectivity index (χ3v) is 7.01. The van der Waals surface area contributed by atoms with Crippen LogP contribution in [0, 0.1) is 0 Å². The smallest absolute Gasteiger partial charge is 0.210 e. The van der Waals surface area contributed by atoms with Crippen LogP contribution in [0.3, 0.4) is 0 Å². The lowest BCUT2D eigenvalue weighted by molar-refractivity contribution is 0.433. The number of rotatable bonds is 5. The average Bonchev–Trinajstić information content (AvgIpc) is 3.18. The molecule has 0 aliphatic heterocycles. The average molecular weight is 356 g/mol. The summed E-state index contributed by atoms with van der Waals surface area (Å²) in [5.41, 5.74) is 1.17. The Labute approximate surface area is 140 Å². The van der Waals surface area contributed by atoms with Crippen molar-refractivity contribution in [2.24, 2.45) is 0 Å². The van der Waals surface area contributed by atoms with Gasteiger partial charge in [0.1, 0.15) is 4.90 Å². The molecule has 0 radical (unpaired) electrons. The molecule has 1 aliphatic carbocycles. The summed E-state index contributed by atoms with van der Waals surface area (Å²) >= 11 is 7.68. The highest BCUT2D eigenvalue weighted by atomic mass is 35.5. The molecule has 0 saturated heterocycles. The second-order valence-electron chi connectivity index (χ2n) is 5.75. The molecule has 1 fully saturated rings. The van der Waals surface area contributed by atoms with Crippen LogP contribution >= 0.6 is 22.9 Å². The van der Waals surface area contributed by atoms with Gasteiger partial charge < -0.3 is 0 Å². The zero-order chi connectivity index (χ0) is 15.6. The summed E-state index contributed by atoms with van der Waals surface area (Å²) in [6.07, 6.45) is 4.33. The second kappa shape index (κ2) is 6.32. The summed E-state index contributed by atoms with van der Waals surface area (Å²) in [6, 6.07) is 8.66. The molecule has 22 heavy (non-hydrogen) atoms. The SMILES string of the molecule is O=S(=O)(NCC1(c2ccsc2)CCCC1)c1ccccc1Cl. The van der Waals surface area contributed by atoms with Gasteiger partial charge in [0.05, 0.1) is 5.02 Å². The molecule has 3 rings (SSSR count). The summed E-state index contributed by atoms with van der Waals surface area (Å²) in [7, 11) is -3.59. The standard InChI is InChI=1S/C16H18ClNO2S2/c17-14-5-1-2-6-15(14)22(19,20)18-12-16(8-3-4-9-16)13-7-10-21-11-13/h1-2,5-7,10-11,18H,3-4,8-9,12H2. The van der Waals surface area contributed by atoms with Gasteiger partial charge in [0.2, 0.25) is 10.0 Å². The fourth-order valence-corrected chi connectivity index (χ4v) is 5.58. The minimum Gasteiger partial charge on any atom is -0.210 e. The van der Waals surface area contributed by atoms with Gasteiger partial charge in [-0.15, -0.1) is 0 Å². The Kier molecular flexibility index (Phi) is 4.59. The molecule has 1 aromatic carbocycles. The summed E-state index contributed by atoms with van der Waals surface area (Å²) in [5.74, 6) is 0. The molecular formula is C16H18ClNO2S2. The molecule has 0 bridgehead atoms. The number of thiophene rings is 1. The van der Waals surface area contributed by atoms with E-state index >= 15 is 0 Å². The third-order valence-electron chi connectivity index (χ3n) is 4.42. The molecule has 1 saturated carbocycles. The molecule has 2 aromatic rings. The van der Waals surface area contributed by atoms with Gasteiger partial charge in [-0.3, -0.25) is 0 Å². The van der Waals surface area contributed by atoms with E-state index in [1.807, 2.05) is 0 Å². The Bertz CT molecular complexity index is 735. The van der Waals surface area contributed by atoms with Crippen LogP contribution in [-0.2, 0) is 15.4 Å². The monoisotopic (exact) mass is 355 g/mol. The molecule has 1 N–H and O–H groups in total. The van der Waals surface area contributed by atoms with Gasteiger partial charge in [-0.05, 0) is 47.4 Å². The van der Waals surface area contributed by atoms with Crippen LogP contribution < -0.4 is 4.72 Å². The molecule has 0 unspecified atom stereocenters. The number of halogens is 1. The van der Waals surface area contributed by atoms with Crippen molar-refractivity contribution in [2.75, 3.05) is 6.54 Å². The maximum Gasteiger partial charge on any atom is 0.242 e. The van der Waals surface area contributed by atoms with Crippen LogP contribution in [0.4, 0.5) is 0 Å². The Morgan fingerprint density at radius 1 is 1.18 bits per heavy atom. The van der Waals surface area contributed by atoms with Crippen molar-refractivity contribution in [2.45, 2.75) is 36.0 Å². The van der Waals surface area contributed by atoms with Gasteiger partial charge in [0.15, 0.2) is 0 Å². The highest BCUT2D eigenvalue weighted by molar-refractivity contribution is 7.89. The first-order valence-electron chi connectivity index (χ1n) is 7.30. The van der Waals surface area contributed by atoms with Crippen LogP contribution in [0.15, 0.2) is 46.0 Å². The van der Waals surface area contributed by atoms with Gasteiger partial charge in [0, 0.05) is 12.0 Å². The fraction of sp³-hybridized carbons (Fsp3) is 0.375. The van der Waals surface area contributed by atoms with Crippen molar-refractivity contribution in [1.82, 2.24) is 4.72 Å². The number of hydrogen-bond donors (Lipinski definition) is 1. The largest absolute Gasteiger partial charge is 0.242 e. The van der Waals surface area contributed by atoms with Crippen molar-refractivity contribution in [1.29, 1.82) is 0 Å². The molecular weight excluding hydrogens is 338 g/mol. The van der Waals surface area contributed by atoms with E-state index < -0.39 is 10.0 Å². The Morgan fingerprint density at radius 3 is 2.55 bits per heavy atom. The summed E-state index contributed by atoms with van der Waals surface area (Å²) in [4.78, 5) is 0.148. The van der Waals surface area contributed by atoms with E-state index in [4.69, 9.17) is 11.6 Å². The van der Waals surface area contributed by atoms with E-state index in [1.165, 1.54) is 11.6 Å². The van der Waals surface area contributed by atoms with Gasteiger partial charge in [-0.2, -0.15) is 11.3 Å². The van der Waals surface area contributed by atoms with Gasteiger partial charge >= 0.3 is 0 Å². The first-order chi connectivity index (χ1) is 10.5. The number of hydrogen-bond acceptors (Lipinski definition) is 3. The molecule has 1 aromatic heterocycles. The van der Waals surface area contributed by atoms with E-state index in [2.05, 4.69) is 21.5 Å². The molecule has 6 heteroatoms. The normalized spacial score (nSPS) is 17.7. The van der Waals surface area contributed by atoms with Crippen LogP contribution in [0.5, 0.6) is 0 Å². The quantitative estimate of drug-likeness (QED) is 0.874. The predicted octanol–water partition coefficient (Wildman–Crippen LogP) is 4.19. The molecule has 3 nitrogen and oxygen atoms in total. The van der Waals surface area contributed by atoms with Gasteiger partial charge in [-0.1, -0.05) is 36.6 Å². The summed E-state index contributed by atoms with van der Waals surface area (Å²) in [5, 5.41) is 4.44. The molecule has 0 amide bonds. The maximum absolute atomic E-state index is 12.5. The second-order valence-corrected chi connectivity index (χ2v) is 8.68. The van der Waals surface area contributed by atoms with E-state index in [-0.39, 0.29) is 15.3 Å². The Balaban J connectivity index is 1.83. The van der Waals surface area contributed by atoms with Gasteiger partial charge in [0.25, 0.3) is 0 Å². The fourth-order valence-electron chi connectivity index (χ4n) is 3.16. The lowest BCUT2D eigenvalue weighted by Crippen LogP contribution is -2.38. The first kappa shape index (κ1) is 16.0. The first-order valence-corrected chi connectivity index (χ1v) is 10.1. The molecule has 0 atom stereocenters. The topological polar surface area (TPSA) is 46.2 Å². The lowest BCUT2D eigenvalue weighted by atomic mass is 9.81. The predicted molar refractivity (Wildman–Crippen MR) is 91.1 cm³/mol. The van der Waals surface area contributed by atoms with E-state index in [0.29, 0.717) is 6.54 Å². The zero-order valence-electron chi connectivity index (χ0n) is 12.1. The zero-order valence-corrected chi connectivity index (χ0v) is 14.5. The van der Waals surface area contributed by atoms with Crippen molar-refractivity contribution >= 4 is 33.0 Å². The van der Waals surface area contributed by atoms with E-state index in [9.17, 15) is 8.42 Å². The van der Waals surface area contributed by atoms with Crippen LogP contribution in [0.2, 0.25) is 5.02 Å². The molecule has 1 heterocycles. The van der Waals surface area contributed by atoms with Crippen molar-refractivity contribution < 1.29 is 8.42 Å². The number of nitrogens with one attached hydrogen (secondary N) is 1. The van der Waals surface area contributed by atoms with E-state index in [0.717, 1.165) is 25.7 Å². The maximum atomic E-state index is 12.5. The summed E-state index contributed by atoms with van der Waals surface area (Å²) in [6.45, 7) is 0.428. The Morgan fingerprint density at radius 2 is 1.91 bits per heavy atom. The highest BCUT2D eigenvalue weighted by Crippen LogP contribution is 2.41. The Hall–Kier alpha value is -0.880. The lowest BCUT2D eigenvalue weighted by Gasteiger charge is -2.28. The third kappa shape index (κ3) is 3.08. The number of benzene rings is 1. The highest BCUT2D eigenvalue weighted by Gasteiger charge is 2.37. The summed E-state index contributed by atoms with van der Waals surface area (Å²) < 4.78 is 27.8. The van der Waals surface area contributed by atoms with Crippen molar-refractivity contribution in [3.8, 4) is 0 Å². The minimum absolute atomic E-state index is 0.0751. The van der Waals surface area contributed by atoms with Crippen molar-refractivity contribution in [3.05, 3.63) is 51.7 Å². The van der Waals surface area contributed by atoms with Crippen LogP contribution in [0.25, 0.3) is 0 Å². The van der Waals surface area contributed by atoms with Crippen LogP contribution in [-0.4, -0.2) is 15.0 Å². The minimum atomic E-state index is -3.59. The van der Waals surface area contributed by atoms with Crippen LogP contribution in [0.1, 0.15) is 31.2 Å². The van der Waals surface area contributed by atoms with E-state index in [1.54, 1.807) is 29.5 Å². The number of sulfonamides is 1. The van der Waals surface area contributed by atoms with Crippen molar-refractivity contribution in [3.63, 3.8) is 0 Å². The molecule has 1 aliphatic rings.